The van der Waals surface area contributed by atoms with E-state index in [-0.39, 0.29) is 46.5 Å². The Labute approximate surface area is 159 Å². The van der Waals surface area contributed by atoms with E-state index in [4.69, 9.17) is 0 Å². The smallest absolute Gasteiger partial charge is 1.00 e. The Morgan fingerprint density at radius 3 is 2.32 bits per heavy atom. The SMILES string of the molecule is CC1=CC=CC1c1ccc2ccccc2c1C(C)O.[Cl-].[Cl-].[Ti+2]. The zero-order chi connectivity index (χ0) is 13.4. The zero-order valence-corrected chi connectivity index (χ0v) is 15.6. The second kappa shape index (κ2) is 8.91. The number of hydrogen-bond donors (Lipinski definition) is 1. The number of hydrogen-bond acceptors (Lipinski definition) is 1. The molecular formula is C18H18Cl2OTi. The fourth-order valence-corrected chi connectivity index (χ4v) is 2.97. The molecule has 1 N–H and O–H groups in total. The molecule has 1 aliphatic rings. The molecule has 2 unspecified atom stereocenters. The second-order valence-electron chi connectivity index (χ2n) is 5.24. The molecule has 0 saturated carbocycles. The number of aliphatic hydroxyl groups is 1. The molecule has 0 fully saturated rings. The van der Waals surface area contributed by atoms with Gasteiger partial charge in [-0.1, -0.05) is 60.2 Å². The molecule has 2 aromatic carbocycles. The third-order valence-corrected chi connectivity index (χ3v) is 3.91. The van der Waals surface area contributed by atoms with Crippen molar-refractivity contribution in [3.8, 4) is 0 Å². The van der Waals surface area contributed by atoms with Crippen LogP contribution in [0.25, 0.3) is 10.8 Å². The van der Waals surface area contributed by atoms with E-state index in [0.29, 0.717) is 5.92 Å². The van der Waals surface area contributed by atoms with Gasteiger partial charge in [-0.3, -0.25) is 0 Å². The molecule has 1 aliphatic carbocycles. The van der Waals surface area contributed by atoms with Crippen molar-refractivity contribution in [3.05, 3.63) is 71.3 Å². The Morgan fingerprint density at radius 1 is 1.05 bits per heavy atom. The number of halogens is 2. The summed E-state index contributed by atoms with van der Waals surface area (Å²) in [6.07, 6.45) is 5.99. The van der Waals surface area contributed by atoms with Crippen LogP contribution in [0.15, 0.2) is 60.2 Å². The molecule has 3 rings (SSSR count). The van der Waals surface area contributed by atoms with Crippen LogP contribution < -0.4 is 24.8 Å². The van der Waals surface area contributed by atoms with Crippen molar-refractivity contribution < 1.29 is 51.6 Å². The van der Waals surface area contributed by atoms with Gasteiger partial charge in [0.05, 0.1) is 6.10 Å². The van der Waals surface area contributed by atoms with Gasteiger partial charge < -0.3 is 29.9 Å². The van der Waals surface area contributed by atoms with Gasteiger partial charge in [0.25, 0.3) is 0 Å². The number of allylic oxidation sites excluding steroid dienone is 4. The van der Waals surface area contributed by atoms with E-state index in [0.717, 1.165) is 10.9 Å². The zero-order valence-electron chi connectivity index (χ0n) is 12.6. The summed E-state index contributed by atoms with van der Waals surface area (Å²) < 4.78 is 0. The molecule has 0 heterocycles. The fourth-order valence-electron chi connectivity index (χ4n) is 2.97. The van der Waals surface area contributed by atoms with E-state index in [1.807, 2.05) is 19.1 Å². The Bertz CT molecular complexity index is 693. The molecule has 0 saturated heterocycles. The number of benzene rings is 2. The molecule has 0 aliphatic heterocycles. The minimum absolute atomic E-state index is 0. The van der Waals surface area contributed by atoms with Gasteiger partial charge in [-0.15, -0.1) is 0 Å². The Balaban J connectivity index is 0.00000147. The van der Waals surface area contributed by atoms with Crippen molar-refractivity contribution in [3.63, 3.8) is 0 Å². The normalized spacial score (nSPS) is 17.0. The number of rotatable bonds is 2. The van der Waals surface area contributed by atoms with E-state index >= 15 is 0 Å². The average molecular weight is 369 g/mol. The molecule has 114 valence electrons. The van der Waals surface area contributed by atoms with Crippen LogP contribution in [0.4, 0.5) is 0 Å². The maximum Gasteiger partial charge on any atom is 2.00 e. The van der Waals surface area contributed by atoms with Gasteiger partial charge in [-0.2, -0.15) is 0 Å². The molecule has 4 heteroatoms. The molecule has 2 atom stereocenters. The van der Waals surface area contributed by atoms with Crippen molar-refractivity contribution in [1.29, 1.82) is 0 Å². The average Bonchev–Trinajstić information content (AvgIpc) is 2.83. The predicted octanol–water partition coefficient (Wildman–Crippen LogP) is -1.50. The van der Waals surface area contributed by atoms with Crippen molar-refractivity contribution in [2.75, 3.05) is 0 Å². The van der Waals surface area contributed by atoms with Gasteiger partial charge in [0, 0.05) is 5.92 Å². The van der Waals surface area contributed by atoms with Crippen molar-refractivity contribution in [2.45, 2.75) is 25.9 Å². The summed E-state index contributed by atoms with van der Waals surface area (Å²) in [4.78, 5) is 0. The molecule has 0 amide bonds. The first-order valence-corrected chi connectivity index (χ1v) is 6.73. The maximum atomic E-state index is 10.2. The first-order chi connectivity index (χ1) is 9.18. The van der Waals surface area contributed by atoms with Crippen LogP contribution >= 0.6 is 0 Å². The van der Waals surface area contributed by atoms with Gasteiger partial charge in [0.2, 0.25) is 0 Å². The van der Waals surface area contributed by atoms with Gasteiger partial charge in [0.15, 0.2) is 0 Å². The standard InChI is InChI=1S/C18H18O.2ClH.Ti/c1-12-6-5-9-15(12)17-11-10-14-7-3-4-8-16(14)18(17)13(2)19;;;/h3-11,13,15,19H,1-2H3;2*1H;/q;;;+2/p-2. The molecule has 0 bridgehead atoms. The minimum atomic E-state index is -0.456. The van der Waals surface area contributed by atoms with E-state index in [1.165, 1.54) is 16.5 Å². The molecule has 0 aromatic heterocycles. The largest absolute Gasteiger partial charge is 2.00 e. The first kappa shape index (κ1) is 21.4. The van der Waals surface area contributed by atoms with E-state index in [9.17, 15) is 5.11 Å². The topological polar surface area (TPSA) is 20.2 Å². The summed E-state index contributed by atoms with van der Waals surface area (Å²) in [7, 11) is 0. The van der Waals surface area contributed by atoms with Crippen LogP contribution in [-0.2, 0) is 21.7 Å². The van der Waals surface area contributed by atoms with Crippen LogP contribution in [0.1, 0.15) is 37.0 Å². The predicted molar refractivity (Wildman–Crippen MR) is 80.2 cm³/mol. The second-order valence-corrected chi connectivity index (χ2v) is 5.24. The number of aliphatic hydroxyl groups excluding tert-OH is 1. The fraction of sp³-hybridized carbons (Fsp3) is 0.222. The summed E-state index contributed by atoms with van der Waals surface area (Å²) in [6, 6.07) is 12.6. The van der Waals surface area contributed by atoms with Gasteiger partial charge in [0.1, 0.15) is 0 Å². The Morgan fingerprint density at radius 2 is 1.73 bits per heavy atom. The molecule has 0 spiro atoms. The number of fused-ring (bicyclic) bond motifs is 1. The molecule has 2 aromatic rings. The molecule has 0 radical (unpaired) electrons. The van der Waals surface area contributed by atoms with Crippen molar-refractivity contribution in [1.82, 2.24) is 0 Å². The maximum absolute atomic E-state index is 10.2. The van der Waals surface area contributed by atoms with Crippen molar-refractivity contribution >= 4 is 10.8 Å². The summed E-state index contributed by atoms with van der Waals surface area (Å²) >= 11 is 0. The molecule has 1 nitrogen and oxygen atoms in total. The molecular weight excluding hydrogens is 351 g/mol. The van der Waals surface area contributed by atoms with E-state index in [1.54, 1.807) is 0 Å². The van der Waals surface area contributed by atoms with E-state index in [2.05, 4.69) is 49.4 Å². The third-order valence-electron chi connectivity index (χ3n) is 3.91. The Hall–Kier alpha value is -0.566. The van der Waals surface area contributed by atoms with Gasteiger partial charge in [-0.05, 0) is 35.7 Å². The summed E-state index contributed by atoms with van der Waals surface area (Å²) in [6.45, 7) is 3.99. The van der Waals surface area contributed by atoms with Crippen LogP contribution in [0.5, 0.6) is 0 Å². The van der Waals surface area contributed by atoms with Crippen molar-refractivity contribution in [2.24, 2.45) is 0 Å². The van der Waals surface area contributed by atoms with Crippen LogP contribution in [0.2, 0.25) is 0 Å². The van der Waals surface area contributed by atoms with Crippen LogP contribution in [0, 0.1) is 0 Å². The van der Waals surface area contributed by atoms with Crippen LogP contribution in [-0.4, -0.2) is 5.11 Å². The first-order valence-electron chi connectivity index (χ1n) is 6.73. The van der Waals surface area contributed by atoms with Gasteiger partial charge in [-0.25, -0.2) is 0 Å². The summed E-state index contributed by atoms with van der Waals surface area (Å²) in [5, 5.41) is 12.5. The van der Waals surface area contributed by atoms with Crippen LogP contribution in [0.3, 0.4) is 0 Å². The summed E-state index contributed by atoms with van der Waals surface area (Å²) in [5.74, 6) is 0.300. The molecule has 22 heavy (non-hydrogen) atoms. The minimum Gasteiger partial charge on any atom is -1.00 e. The summed E-state index contributed by atoms with van der Waals surface area (Å²) in [5.41, 5.74) is 3.61. The monoisotopic (exact) mass is 368 g/mol. The Kier molecular flexibility index (Phi) is 8.68. The third kappa shape index (κ3) is 3.85. The van der Waals surface area contributed by atoms with E-state index < -0.39 is 6.10 Å². The quantitative estimate of drug-likeness (QED) is 0.639. The van der Waals surface area contributed by atoms with Gasteiger partial charge >= 0.3 is 21.7 Å².